The molecule has 0 spiro atoms. The number of rotatable bonds is 2. The van der Waals surface area contributed by atoms with Crippen LogP contribution in [0.1, 0.15) is 27.0 Å². The van der Waals surface area contributed by atoms with Crippen LogP contribution in [0.3, 0.4) is 0 Å². The molecule has 5 nitrogen and oxygen atoms in total. The normalized spacial score (nSPS) is 19.4. The van der Waals surface area contributed by atoms with E-state index >= 15 is 0 Å². The molecule has 0 amide bonds. The van der Waals surface area contributed by atoms with Crippen molar-refractivity contribution in [2.75, 3.05) is 13.7 Å². The Kier molecular flexibility index (Phi) is 3.60. The van der Waals surface area contributed by atoms with Crippen molar-refractivity contribution in [1.82, 2.24) is 0 Å². The molecule has 0 fully saturated rings. The number of carbonyl (C=O) groups excluding carboxylic acids is 1. The summed E-state index contributed by atoms with van der Waals surface area (Å²) in [4.78, 5) is 12.1. The molecule has 0 bridgehead atoms. The van der Waals surface area contributed by atoms with E-state index in [1.807, 2.05) is 12.1 Å². The van der Waals surface area contributed by atoms with E-state index in [0.717, 1.165) is 0 Å². The molecule has 2 aromatic carbocycles. The first-order valence-electron chi connectivity index (χ1n) is 6.97. The van der Waals surface area contributed by atoms with Crippen LogP contribution in [0, 0.1) is 0 Å². The van der Waals surface area contributed by atoms with Gasteiger partial charge in [-0.2, -0.15) is 0 Å². The van der Waals surface area contributed by atoms with Crippen LogP contribution in [-0.2, 0) is 16.9 Å². The quantitative estimate of drug-likeness (QED) is 0.822. The fraction of sp³-hybridized carbons (Fsp3) is 0.235. The van der Waals surface area contributed by atoms with Crippen LogP contribution < -0.4 is 10.5 Å². The molecule has 1 aliphatic heterocycles. The molecule has 114 valence electrons. The average molecular weight is 299 g/mol. The van der Waals surface area contributed by atoms with Gasteiger partial charge >= 0.3 is 5.97 Å². The number of carbonyl (C=O) groups is 1. The third-order valence-corrected chi connectivity index (χ3v) is 3.98. The second kappa shape index (κ2) is 5.44. The third-order valence-electron chi connectivity index (χ3n) is 3.98. The first kappa shape index (κ1) is 14.6. The maximum atomic E-state index is 12.1. The van der Waals surface area contributed by atoms with Crippen LogP contribution in [-0.4, -0.2) is 24.7 Å². The third kappa shape index (κ3) is 2.06. The van der Waals surface area contributed by atoms with E-state index in [-0.39, 0.29) is 13.2 Å². The second-order valence-corrected chi connectivity index (χ2v) is 5.18. The van der Waals surface area contributed by atoms with Gasteiger partial charge < -0.3 is 20.3 Å². The molecule has 22 heavy (non-hydrogen) atoms. The van der Waals surface area contributed by atoms with E-state index < -0.39 is 11.6 Å². The average Bonchev–Trinajstić information content (AvgIpc) is 2.70. The zero-order chi connectivity index (χ0) is 15.7. The first-order valence-corrected chi connectivity index (χ1v) is 6.97. The number of ether oxygens (including phenoxy) is 2. The molecule has 1 atom stereocenters. The Labute approximate surface area is 128 Å². The largest absolute Gasteiger partial charge is 0.488 e. The van der Waals surface area contributed by atoms with Gasteiger partial charge in [-0.05, 0) is 17.7 Å². The van der Waals surface area contributed by atoms with Gasteiger partial charge in [-0.15, -0.1) is 0 Å². The van der Waals surface area contributed by atoms with Gasteiger partial charge in [0.15, 0.2) is 0 Å². The number of para-hydroxylation sites is 1. The Morgan fingerprint density at radius 1 is 1.32 bits per heavy atom. The Hall–Kier alpha value is -2.37. The summed E-state index contributed by atoms with van der Waals surface area (Å²) >= 11 is 0. The van der Waals surface area contributed by atoms with Gasteiger partial charge in [0, 0.05) is 17.7 Å². The lowest BCUT2D eigenvalue weighted by Gasteiger charge is -2.29. The highest BCUT2D eigenvalue weighted by Gasteiger charge is 2.40. The minimum absolute atomic E-state index is 0.0750. The lowest BCUT2D eigenvalue weighted by Crippen LogP contribution is -2.38. The summed E-state index contributed by atoms with van der Waals surface area (Å²) < 4.78 is 10.6. The Balaban J connectivity index is 2.33. The van der Waals surface area contributed by atoms with Gasteiger partial charge in [0.05, 0.1) is 12.7 Å². The van der Waals surface area contributed by atoms with Crippen molar-refractivity contribution in [3.8, 4) is 5.75 Å². The fourth-order valence-electron chi connectivity index (χ4n) is 2.93. The highest BCUT2D eigenvalue weighted by Crippen LogP contribution is 2.41. The van der Waals surface area contributed by atoms with Crippen LogP contribution in [0.5, 0.6) is 5.75 Å². The molecule has 1 aliphatic rings. The Bertz CT molecular complexity index is 728. The molecule has 3 rings (SSSR count). The van der Waals surface area contributed by atoms with E-state index in [1.165, 1.54) is 7.11 Å². The number of methoxy groups -OCH3 is 1. The predicted octanol–water partition coefficient (Wildman–Crippen LogP) is 1.56. The number of benzene rings is 2. The summed E-state index contributed by atoms with van der Waals surface area (Å²) in [5.41, 5.74) is 6.40. The van der Waals surface area contributed by atoms with E-state index in [2.05, 4.69) is 0 Å². The highest BCUT2D eigenvalue weighted by atomic mass is 16.5. The number of esters is 1. The first-order chi connectivity index (χ1) is 10.6. The zero-order valence-corrected chi connectivity index (χ0v) is 12.2. The standard InChI is InChI=1S/C17H17NO4/c1-21-16(19)12-6-4-5-11-9-22-14-8-3-2-7-13(14)17(20,10-18)15(11)12/h2-8,20H,9-10,18H2,1H3. The SMILES string of the molecule is COC(=O)c1cccc2c1C(O)(CN)c1ccccc1OC2. The van der Waals surface area contributed by atoms with Crippen LogP contribution >= 0.6 is 0 Å². The van der Waals surface area contributed by atoms with Gasteiger partial charge in [-0.25, -0.2) is 4.79 Å². The number of hydrogen-bond donors (Lipinski definition) is 2. The van der Waals surface area contributed by atoms with Crippen molar-refractivity contribution in [3.63, 3.8) is 0 Å². The molecule has 1 heterocycles. The summed E-state index contributed by atoms with van der Waals surface area (Å²) in [5, 5.41) is 11.3. The van der Waals surface area contributed by atoms with Crippen LogP contribution in [0.15, 0.2) is 42.5 Å². The summed E-state index contributed by atoms with van der Waals surface area (Å²) in [6.45, 7) is 0.174. The van der Waals surface area contributed by atoms with E-state index in [9.17, 15) is 9.90 Å². The Morgan fingerprint density at radius 3 is 2.82 bits per heavy atom. The summed E-state index contributed by atoms with van der Waals surface area (Å²) in [6.07, 6.45) is 0. The highest BCUT2D eigenvalue weighted by molar-refractivity contribution is 5.92. The van der Waals surface area contributed by atoms with Gasteiger partial charge in [0.25, 0.3) is 0 Å². The molecule has 0 aromatic heterocycles. The van der Waals surface area contributed by atoms with Crippen molar-refractivity contribution in [2.45, 2.75) is 12.2 Å². The lowest BCUT2D eigenvalue weighted by atomic mass is 9.81. The van der Waals surface area contributed by atoms with Gasteiger partial charge in [-0.1, -0.05) is 30.3 Å². The summed E-state index contributed by atoms with van der Waals surface area (Å²) in [6, 6.07) is 12.3. The molecule has 5 heteroatoms. The topological polar surface area (TPSA) is 81.8 Å². The molecule has 0 saturated carbocycles. The van der Waals surface area contributed by atoms with Crippen molar-refractivity contribution in [3.05, 3.63) is 64.7 Å². The Morgan fingerprint density at radius 2 is 2.09 bits per heavy atom. The minimum Gasteiger partial charge on any atom is -0.488 e. The van der Waals surface area contributed by atoms with Gasteiger partial charge in [0.2, 0.25) is 0 Å². The van der Waals surface area contributed by atoms with Crippen LogP contribution in [0.4, 0.5) is 0 Å². The van der Waals surface area contributed by atoms with Crippen molar-refractivity contribution in [1.29, 1.82) is 0 Å². The molecule has 0 saturated heterocycles. The number of nitrogens with two attached hydrogens (primary N) is 1. The minimum atomic E-state index is -1.51. The van der Waals surface area contributed by atoms with E-state index in [4.69, 9.17) is 15.2 Å². The number of aliphatic hydroxyl groups is 1. The van der Waals surface area contributed by atoms with E-state index in [1.54, 1.807) is 30.3 Å². The number of fused-ring (bicyclic) bond motifs is 2. The van der Waals surface area contributed by atoms with Crippen molar-refractivity contribution < 1.29 is 19.4 Å². The molecule has 2 aromatic rings. The van der Waals surface area contributed by atoms with Crippen LogP contribution in [0.2, 0.25) is 0 Å². The van der Waals surface area contributed by atoms with Gasteiger partial charge in [-0.3, -0.25) is 0 Å². The monoisotopic (exact) mass is 299 g/mol. The summed E-state index contributed by atoms with van der Waals surface area (Å²) in [7, 11) is 1.31. The smallest absolute Gasteiger partial charge is 0.338 e. The van der Waals surface area contributed by atoms with Crippen molar-refractivity contribution in [2.24, 2.45) is 5.73 Å². The number of hydrogen-bond acceptors (Lipinski definition) is 5. The maximum Gasteiger partial charge on any atom is 0.338 e. The molecule has 0 aliphatic carbocycles. The van der Waals surface area contributed by atoms with Crippen LogP contribution in [0.25, 0.3) is 0 Å². The summed E-state index contributed by atoms with van der Waals surface area (Å²) in [5.74, 6) is 0.0468. The van der Waals surface area contributed by atoms with Crippen molar-refractivity contribution >= 4 is 5.97 Å². The van der Waals surface area contributed by atoms with Gasteiger partial charge in [0.1, 0.15) is 18.0 Å². The lowest BCUT2D eigenvalue weighted by molar-refractivity contribution is 0.0569. The predicted molar refractivity (Wildman–Crippen MR) is 80.6 cm³/mol. The molecular formula is C17H17NO4. The zero-order valence-electron chi connectivity index (χ0n) is 12.2. The second-order valence-electron chi connectivity index (χ2n) is 5.18. The molecule has 0 radical (unpaired) electrons. The molecule has 1 unspecified atom stereocenters. The fourth-order valence-corrected chi connectivity index (χ4v) is 2.93. The molecular weight excluding hydrogens is 282 g/mol. The maximum absolute atomic E-state index is 12.1. The van der Waals surface area contributed by atoms with E-state index in [0.29, 0.717) is 28.0 Å². The molecule has 3 N–H and O–H groups in total.